The molecular weight excluding hydrogens is 188 g/mol. The van der Waals surface area contributed by atoms with E-state index in [4.69, 9.17) is 5.73 Å². The van der Waals surface area contributed by atoms with Crippen molar-refractivity contribution in [1.29, 1.82) is 0 Å². The van der Waals surface area contributed by atoms with Crippen molar-refractivity contribution in [2.24, 2.45) is 5.73 Å². The van der Waals surface area contributed by atoms with E-state index in [1.165, 1.54) is 11.1 Å². The van der Waals surface area contributed by atoms with Crippen LogP contribution in [0, 0.1) is 0 Å². The minimum absolute atomic E-state index is 0.267. The van der Waals surface area contributed by atoms with Gasteiger partial charge in [0.2, 0.25) is 5.91 Å². The summed E-state index contributed by atoms with van der Waals surface area (Å²) in [5, 5.41) is 3.20. The van der Waals surface area contributed by atoms with Gasteiger partial charge >= 0.3 is 0 Å². The lowest BCUT2D eigenvalue weighted by molar-refractivity contribution is -0.117. The fraction of sp³-hybridized carbons (Fsp3) is 0.417. The molecule has 0 aliphatic heterocycles. The highest BCUT2D eigenvalue weighted by atomic mass is 16.1. The summed E-state index contributed by atoms with van der Waals surface area (Å²) in [4.78, 5) is 10.7. The van der Waals surface area contributed by atoms with E-state index in [0.29, 0.717) is 12.0 Å². The van der Waals surface area contributed by atoms with Gasteiger partial charge in [-0.1, -0.05) is 31.2 Å². The van der Waals surface area contributed by atoms with Crippen molar-refractivity contribution in [3.05, 3.63) is 35.4 Å². The molecule has 0 saturated carbocycles. The molecule has 2 unspecified atom stereocenters. The molecule has 1 aromatic carbocycles. The molecule has 80 valence electrons. The first-order valence-electron chi connectivity index (χ1n) is 5.28. The third kappa shape index (κ3) is 2.02. The van der Waals surface area contributed by atoms with Crippen LogP contribution in [0.1, 0.15) is 24.0 Å². The predicted molar refractivity (Wildman–Crippen MR) is 59.5 cm³/mol. The fourth-order valence-electron chi connectivity index (χ4n) is 2.28. The monoisotopic (exact) mass is 204 g/mol. The first-order chi connectivity index (χ1) is 7.18. The van der Waals surface area contributed by atoms with Gasteiger partial charge in [-0.25, -0.2) is 0 Å². The van der Waals surface area contributed by atoms with E-state index in [-0.39, 0.29) is 12.5 Å². The van der Waals surface area contributed by atoms with Crippen molar-refractivity contribution < 1.29 is 4.79 Å². The molecule has 0 aromatic heterocycles. The number of nitrogens with one attached hydrogen (secondary N) is 1. The molecule has 15 heavy (non-hydrogen) atoms. The molecule has 0 spiro atoms. The largest absolute Gasteiger partial charge is 0.369 e. The Kier molecular flexibility index (Phi) is 2.73. The number of primary amides is 1. The molecule has 0 saturated heterocycles. The van der Waals surface area contributed by atoms with Crippen LogP contribution < -0.4 is 11.1 Å². The quantitative estimate of drug-likeness (QED) is 0.764. The van der Waals surface area contributed by atoms with E-state index < -0.39 is 0 Å². The summed E-state index contributed by atoms with van der Waals surface area (Å²) in [6, 6.07) is 8.77. The molecule has 3 heteroatoms. The van der Waals surface area contributed by atoms with Crippen LogP contribution >= 0.6 is 0 Å². The summed E-state index contributed by atoms with van der Waals surface area (Å²) >= 11 is 0. The number of amides is 1. The van der Waals surface area contributed by atoms with Gasteiger partial charge in [-0.05, 0) is 23.5 Å². The number of rotatable bonds is 3. The standard InChI is InChI=1S/C12H16N2O/c1-8-10-5-3-2-4-9(10)6-11(8)14-7-12(13)15/h2-5,8,11,14H,6-7H2,1H3,(H2,13,15). The van der Waals surface area contributed by atoms with E-state index in [1.807, 2.05) is 0 Å². The summed E-state index contributed by atoms with van der Waals surface area (Å²) in [7, 11) is 0. The van der Waals surface area contributed by atoms with Crippen molar-refractivity contribution >= 4 is 5.91 Å². The van der Waals surface area contributed by atoms with E-state index in [9.17, 15) is 4.79 Å². The minimum atomic E-state index is -0.293. The molecule has 1 aromatic rings. The number of fused-ring (bicyclic) bond motifs is 1. The molecule has 1 aliphatic carbocycles. The Morgan fingerprint density at radius 3 is 2.93 bits per heavy atom. The van der Waals surface area contributed by atoms with Crippen molar-refractivity contribution in [1.82, 2.24) is 5.32 Å². The van der Waals surface area contributed by atoms with Crippen LogP contribution in [0.2, 0.25) is 0 Å². The average molecular weight is 204 g/mol. The molecule has 1 amide bonds. The zero-order chi connectivity index (χ0) is 10.8. The van der Waals surface area contributed by atoms with Gasteiger partial charge < -0.3 is 11.1 Å². The molecule has 0 bridgehead atoms. The second-order valence-electron chi connectivity index (χ2n) is 4.15. The summed E-state index contributed by atoms with van der Waals surface area (Å²) in [5.74, 6) is 0.165. The summed E-state index contributed by atoms with van der Waals surface area (Å²) < 4.78 is 0. The van der Waals surface area contributed by atoms with E-state index in [1.54, 1.807) is 0 Å². The molecule has 0 heterocycles. The van der Waals surface area contributed by atoms with E-state index in [2.05, 4.69) is 36.5 Å². The normalized spacial score (nSPS) is 23.8. The van der Waals surface area contributed by atoms with Gasteiger partial charge in [0.05, 0.1) is 6.54 Å². The number of carbonyl (C=O) groups excluding carboxylic acids is 1. The number of benzene rings is 1. The van der Waals surface area contributed by atoms with Crippen LogP contribution in [0.5, 0.6) is 0 Å². The zero-order valence-corrected chi connectivity index (χ0v) is 8.86. The third-order valence-corrected chi connectivity index (χ3v) is 3.13. The lowest BCUT2D eigenvalue weighted by Gasteiger charge is -2.16. The summed E-state index contributed by atoms with van der Waals surface area (Å²) in [6.07, 6.45) is 0.991. The highest BCUT2D eigenvalue weighted by Crippen LogP contribution is 2.32. The van der Waals surface area contributed by atoms with Gasteiger partial charge in [0.15, 0.2) is 0 Å². The minimum Gasteiger partial charge on any atom is -0.369 e. The maximum Gasteiger partial charge on any atom is 0.231 e. The van der Waals surface area contributed by atoms with Crippen molar-refractivity contribution in [3.63, 3.8) is 0 Å². The smallest absolute Gasteiger partial charge is 0.231 e. The Bertz CT molecular complexity index is 376. The number of carbonyl (C=O) groups is 1. The van der Waals surface area contributed by atoms with Gasteiger partial charge in [0, 0.05) is 6.04 Å². The second-order valence-corrected chi connectivity index (χ2v) is 4.15. The Labute approximate surface area is 89.7 Å². The highest BCUT2D eigenvalue weighted by Gasteiger charge is 2.28. The lowest BCUT2D eigenvalue weighted by atomic mass is 10.0. The summed E-state index contributed by atoms with van der Waals surface area (Å²) in [6.45, 7) is 2.45. The van der Waals surface area contributed by atoms with Crippen LogP contribution in [0.15, 0.2) is 24.3 Å². The Balaban J connectivity index is 2.06. The van der Waals surface area contributed by atoms with Crippen molar-refractivity contribution in [2.45, 2.75) is 25.3 Å². The van der Waals surface area contributed by atoms with Crippen LogP contribution in [-0.2, 0) is 11.2 Å². The fourth-order valence-corrected chi connectivity index (χ4v) is 2.28. The molecule has 3 N–H and O–H groups in total. The molecule has 2 atom stereocenters. The first-order valence-corrected chi connectivity index (χ1v) is 5.28. The predicted octanol–water partition coefficient (Wildman–Crippen LogP) is 0.790. The average Bonchev–Trinajstić information content (AvgIpc) is 2.54. The third-order valence-electron chi connectivity index (χ3n) is 3.13. The van der Waals surface area contributed by atoms with Crippen LogP contribution in [0.25, 0.3) is 0 Å². The molecule has 3 nitrogen and oxygen atoms in total. The van der Waals surface area contributed by atoms with Gasteiger partial charge in [0.1, 0.15) is 0 Å². The van der Waals surface area contributed by atoms with Crippen LogP contribution in [0.3, 0.4) is 0 Å². The Morgan fingerprint density at radius 2 is 2.27 bits per heavy atom. The van der Waals surface area contributed by atoms with E-state index in [0.717, 1.165) is 6.42 Å². The Hall–Kier alpha value is -1.35. The van der Waals surface area contributed by atoms with Crippen molar-refractivity contribution in [3.8, 4) is 0 Å². The molecule has 0 fully saturated rings. The van der Waals surface area contributed by atoms with Gasteiger partial charge in [0.25, 0.3) is 0 Å². The number of hydrogen-bond donors (Lipinski definition) is 2. The molecular formula is C12H16N2O. The second kappa shape index (κ2) is 4.03. The maximum absolute atomic E-state index is 10.7. The first kappa shape index (κ1) is 10.2. The molecule has 0 radical (unpaired) electrons. The topological polar surface area (TPSA) is 55.1 Å². The van der Waals surface area contributed by atoms with Gasteiger partial charge in [-0.3, -0.25) is 4.79 Å². The number of nitrogens with two attached hydrogens (primary N) is 1. The summed E-state index contributed by atoms with van der Waals surface area (Å²) in [5.41, 5.74) is 7.89. The van der Waals surface area contributed by atoms with Crippen LogP contribution in [-0.4, -0.2) is 18.5 Å². The molecule has 2 rings (SSSR count). The van der Waals surface area contributed by atoms with Gasteiger partial charge in [-0.2, -0.15) is 0 Å². The van der Waals surface area contributed by atoms with Gasteiger partial charge in [-0.15, -0.1) is 0 Å². The molecule has 1 aliphatic rings. The maximum atomic E-state index is 10.7. The zero-order valence-electron chi connectivity index (χ0n) is 8.86. The number of hydrogen-bond acceptors (Lipinski definition) is 2. The lowest BCUT2D eigenvalue weighted by Crippen LogP contribution is -2.38. The highest BCUT2D eigenvalue weighted by molar-refractivity contribution is 5.75. The van der Waals surface area contributed by atoms with Crippen LogP contribution in [0.4, 0.5) is 0 Å². The SMILES string of the molecule is CC1c2ccccc2CC1NCC(N)=O. The Morgan fingerprint density at radius 1 is 1.53 bits per heavy atom. The van der Waals surface area contributed by atoms with Crippen molar-refractivity contribution in [2.75, 3.05) is 6.54 Å². The van der Waals surface area contributed by atoms with E-state index >= 15 is 0 Å².